The molecule has 1 fully saturated rings. The van der Waals surface area contributed by atoms with Crippen LogP contribution in [0.4, 0.5) is 5.00 Å². The van der Waals surface area contributed by atoms with Crippen LogP contribution in [0.5, 0.6) is 0 Å². The van der Waals surface area contributed by atoms with Gasteiger partial charge in [0.25, 0.3) is 5.91 Å². The zero-order valence-electron chi connectivity index (χ0n) is 16.1. The SMILES string of the molecule is CCOC(=O)[C@H]1CCC[NH+](CC(=O)Nc2sc3c(c2C#N)CC[C@@H](C)C3)C1. The standard InChI is InChI=1S/C20H27N3O3S/c1-3-26-20(25)14-5-4-8-23(11-14)12-18(24)22-19-16(10-21)15-7-6-13(2)9-17(15)27-19/h13-14H,3-9,11-12H2,1-2H3,(H,22,24)/p+1/t13-,14+/m1/s1. The fourth-order valence-corrected chi connectivity index (χ4v) is 5.51. The molecule has 0 bridgehead atoms. The quantitative estimate of drug-likeness (QED) is 0.747. The van der Waals surface area contributed by atoms with E-state index in [1.165, 1.54) is 4.88 Å². The Morgan fingerprint density at radius 1 is 1.41 bits per heavy atom. The van der Waals surface area contributed by atoms with Gasteiger partial charge in [-0.25, -0.2) is 0 Å². The number of anilines is 1. The van der Waals surface area contributed by atoms with E-state index >= 15 is 0 Å². The molecule has 3 atom stereocenters. The second-order valence-electron chi connectivity index (χ2n) is 7.69. The average molecular weight is 391 g/mol. The fraction of sp³-hybridized carbons (Fsp3) is 0.650. The first-order valence-electron chi connectivity index (χ1n) is 9.86. The van der Waals surface area contributed by atoms with Crippen LogP contribution in [0.3, 0.4) is 0 Å². The molecule has 1 saturated heterocycles. The highest BCUT2D eigenvalue weighted by Gasteiger charge is 2.31. The zero-order valence-corrected chi connectivity index (χ0v) is 16.9. The Morgan fingerprint density at radius 3 is 2.96 bits per heavy atom. The molecule has 0 spiro atoms. The molecule has 1 aliphatic heterocycles. The summed E-state index contributed by atoms with van der Waals surface area (Å²) < 4.78 is 5.13. The topological polar surface area (TPSA) is 83.6 Å². The van der Waals surface area contributed by atoms with E-state index in [2.05, 4.69) is 18.3 Å². The van der Waals surface area contributed by atoms with Gasteiger partial charge in [-0.1, -0.05) is 6.92 Å². The van der Waals surface area contributed by atoms with Crippen LogP contribution in [-0.4, -0.2) is 38.1 Å². The predicted octanol–water partition coefficient (Wildman–Crippen LogP) is 1.54. The predicted molar refractivity (Wildman–Crippen MR) is 104 cm³/mol. The summed E-state index contributed by atoms with van der Waals surface area (Å²) in [6, 6.07) is 2.29. The summed E-state index contributed by atoms with van der Waals surface area (Å²) in [4.78, 5) is 26.9. The minimum absolute atomic E-state index is 0.0855. The average Bonchev–Trinajstić information content (AvgIpc) is 2.97. The van der Waals surface area contributed by atoms with Crippen LogP contribution < -0.4 is 10.2 Å². The van der Waals surface area contributed by atoms with Crippen LogP contribution in [0.25, 0.3) is 0 Å². The number of likely N-dealkylation sites (tertiary alicyclic amines) is 1. The van der Waals surface area contributed by atoms with Crippen molar-refractivity contribution in [2.45, 2.75) is 46.0 Å². The number of ether oxygens (including phenoxy) is 1. The van der Waals surface area contributed by atoms with Crippen molar-refractivity contribution in [3.8, 4) is 6.07 Å². The lowest BCUT2D eigenvalue weighted by Gasteiger charge is -2.28. The first kappa shape index (κ1) is 19.8. The molecule has 1 aromatic heterocycles. The van der Waals surface area contributed by atoms with Gasteiger partial charge in [-0.3, -0.25) is 9.59 Å². The number of nitrogens with one attached hydrogen (secondary N) is 2. The molecular weight excluding hydrogens is 362 g/mol. The van der Waals surface area contributed by atoms with Gasteiger partial charge in [-0.05, 0) is 50.5 Å². The van der Waals surface area contributed by atoms with Crippen molar-refractivity contribution in [1.82, 2.24) is 0 Å². The Kier molecular flexibility index (Phi) is 6.51. The fourth-order valence-electron chi connectivity index (χ4n) is 4.13. The highest BCUT2D eigenvalue weighted by molar-refractivity contribution is 7.16. The van der Waals surface area contributed by atoms with Crippen molar-refractivity contribution in [1.29, 1.82) is 5.26 Å². The number of amides is 1. The molecule has 2 N–H and O–H groups in total. The van der Waals surface area contributed by atoms with Crippen LogP contribution in [0.15, 0.2) is 0 Å². The number of fused-ring (bicyclic) bond motifs is 1. The number of nitrogens with zero attached hydrogens (tertiary/aromatic N) is 1. The number of nitriles is 1. The van der Waals surface area contributed by atoms with Crippen LogP contribution in [0, 0.1) is 23.2 Å². The molecule has 7 heteroatoms. The normalized spacial score (nSPS) is 24.6. The van der Waals surface area contributed by atoms with Gasteiger partial charge in [-0.2, -0.15) is 5.26 Å². The summed E-state index contributed by atoms with van der Waals surface area (Å²) >= 11 is 1.55. The number of hydrogen-bond acceptors (Lipinski definition) is 5. The zero-order chi connectivity index (χ0) is 19.4. The maximum Gasteiger partial charge on any atom is 0.314 e. The minimum atomic E-state index is -0.151. The molecule has 1 aromatic rings. The van der Waals surface area contributed by atoms with E-state index in [0.717, 1.165) is 49.1 Å². The second-order valence-corrected chi connectivity index (χ2v) is 8.79. The van der Waals surface area contributed by atoms with Crippen molar-refractivity contribution in [2.75, 3.05) is 31.6 Å². The molecule has 27 heavy (non-hydrogen) atoms. The summed E-state index contributed by atoms with van der Waals surface area (Å²) in [5.41, 5.74) is 1.77. The lowest BCUT2D eigenvalue weighted by molar-refractivity contribution is -0.899. The summed E-state index contributed by atoms with van der Waals surface area (Å²) in [5.74, 6) is 0.273. The van der Waals surface area contributed by atoms with E-state index in [1.54, 1.807) is 11.3 Å². The number of hydrogen-bond donors (Lipinski definition) is 2. The molecule has 0 aromatic carbocycles. The van der Waals surface area contributed by atoms with Crippen molar-refractivity contribution in [2.24, 2.45) is 11.8 Å². The molecule has 3 rings (SSSR count). The highest BCUT2D eigenvalue weighted by atomic mass is 32.1. The summed E-state index contributed by atoms with van der Waals surface area (Å²) in [7, 11) is 0. The number of piperidine rings is 1. The first-order chi connectivity index (χ1) is 13.0. The van der Waals surface area contributed by atoms with Gasteiger partial charge in [-0.15, -0.1) is 11.3 Å². The highest BCUT2D eigenvalue weighted by Crippen LogP contribution is 2.39. The smallest absolute Gasteiger partial charge is 0.314 e. The van der Waals surface area contributed by atoms with E-state index in [1.807, 2.05) is 6.92 Å². The van der Waals surface area contributed by atoms with Crippen LogP contribution >= 0.6 is 11.3 Å². The third-order valence-corrected chi connectivity index (χ3v) is 6.69. The molecule has 1 amide bonds. The Bertz CT molecular complexity index is 752. The third kappa shape index (κ3) is 4.69. The van der Waals surface area contributed by atoms with Gasteiger partial charge in [0.15, 0.2) is 6.54 Å². The Morgan fingerprint density at radius 2 is 2.22 bits per heavy atom. The molecule has 1 aliphatic carbocycles. The van der Waals surface area contributed by atoms with E-state index < -0.39 is 0 Å². The van der Waals surface area contributed by atoms with Crippen molar-refractivity contribution in [3.63, 3.8) is 0 Å². The minimum Gasteiger partial charge on any atom is -0.466 e. The van der Waals surface area contributed by atoms with Gasteiger partial charge in [0, 0.05) is 4.88 Å². The van der Waals surface area contributed by atoms with E-state index in [9.17, 15) is 14.9 Å². The second kappa shape index (κ2) is 8.85. The molecule has 0 radical (unpaired) electrons. The van der Waals surface area contributed by atoms with Crippen molar-refractivity contribution >= 4 is 28.2 Å². The third-order valence-electron chi connectivity index (χ3n) is 5.52. The Labute approximate surface area is 164 Å². The van der Waals surface area contributed by atoms with Gasteiger partial charge in [0.2, 0.25) is 0 Å². The molecule has 2 heterocycles. The molecule has 146 valence electrons. The number of carbonyl (C=O) groups excluding carboxylic acids is 2. The number of quaternary nitrogens is 1. The maximum atomic E-state index is 12.6. The maximum absolute atomic E-state index is 12.6. The van der Waals surface area contributed by atoms with Crippen molar-refractivity contribution < 1.29 is 19.2 Å². The number of esters is 1. The molecule has 2 aliphatic rings. The number of thiophene rings is 1. The Balaban J connectivity index is 1.61. The molecular formula is C20H28N3O3S+. The number of carbonyl (C=O) groups is 2. The van der Waals surface area contributed by atoms with Crippen LogP contribution in [0.1, 0.15) is 49.1 Å². The van der Waals surface area contributed by atoms with Crippen LogP contribution in [-0.2, 0) is 27.2 Å². The van der Waals surface area contributed by atoms with E-state index in [0.29, 0.717) is 36.2 Å². The monoisotopic (exact) mass is 390 g/mol. The van der Waals surface area contributed by atoms with Gasteiger partial charge < -0.3 is 15.0 Å². The molecule has 0 saturated carbocycles. The van der Waals surface area contributed by atoms with Gasteiger partial charge in [0.1, 0.15) is 17.0 Å². The largest absolute Gasteiger partial charge is 0.466 e. The van der Waals surface area contributed by atoms with Crippen LogP contribution in [0.2, 0.25) is 0 Å². The lowest BCUT2D eigenvalue weighted by Crippen LogP contribution is -3.14. The summed E-state index contributed by atoms with van der Waals surface area (Å²) in [5, 5.41) is 13.2. The first-order valence-corrected chi connectivity index (χ1v) is 10.7. The van der Waals surface area contributed by atoms with E-state index in [4.69, 9.17) is 4.74 Å². The van der Waals surface area contributed by atoms with Gasteiger partial charge >= 0.3 is 5.97 Å². The summed E-state index contributed by atoms with van der Waals surface area (Å²) in [6.45, 7) is 6.27. The Hall–Kier alpha value is -1.91. The molecule has 1 unspecified atom stereocenters. The molecule has 6 nitrogen and oxygen atoms in total. The van der Waals surface area contributed by atoms with Crippen molar-refractivity contribution in [3.05, 3.63) is 16.0 Å². The number of rotatable bonds is 5. The van der Waals surface area contributed by atoms with E-state index in [-0.39, 0.29) is 17.8 Å². The van der Waals surface area contributed by atoms with Gasteiger partial charge in [0.05, 0.1) is 25.3 Å². The lowest BCUT2D eigenvalue weighted by atomic mass is 9.89. The summed E-state index contributed by atoms with van der Waals surface area (Å²) in [6.07, 6.45) is 4.76.